The zero-order valence-corrected chi connectivity index (χ0v) is 18.4. The molecule has 2 N–H and O–H groups in total. The zero-order valence-electron chi connectivity index (χ0n) is 18.4. The Hall–Kier alpha value is -3.02. The third-order valence-corrected chi connectivity index (χ3v) is 6.26. The van der Waals surface area contributed by atoms with E-state index in [2.05, 4.69) is 10.6 Å². The zero-order chi connectivity index (χ0) is 22.0. The van der Waals surface area contributed by atoms with E-state index < -0.39 is 5.41 Å². The van der Waals surface area contributed by atoms with E-state index >= 15 is 0 Å². The summed E-state index contributed by atoms with van der Waals surface area (Å²) in [5, 5.41) is 6.06. The third-order valence-electron chi connectivity index (χ3n) is 6.26. The van der Waals surface area contributed by atoms with Gasteiger partial charge in [0.15, 0.2) is 11.5 Å². The lowest BCUT2D eigenvalue weighted by Crippen LogP contribution is -2.38. The van der Waals surface area contributed by atoms with E-state index in [1.165, 1.54) is 0 Å². The van der Waals surface area contributed by atoms with Crippen molar-refractivity contribution >= 4 is 23.2 Å². The summed E-state index contributed by atoms with van der Waals surface area (Å²) in [7, 11) is 0. The Balaban J connectivity index is 1.61. The van der Waals surface area contributed by atoms with E-state index in [1.54, 1.807) is 0 Å². The predicted octanol–water partition coefficient (Wildman–Crippen LogP) is 4.81. The summed E-state index contributed by atoms with van der Waals surface area (Å²) >= 11 is 0. The number of rotatable bonds is 5. The van der Waals surface area contributed by atoms with Gasteiger partial charge < -0.3 is 20.1 Å². The number of hydrogen-bond acceptors (Lipinski definition) is 4. The molecule has 1 aliphatic carbocycles. The molecule has 0 aromatic heterocycles. The highest BCUT2D eigenvalue weighted by Gasteiger charge is 2.43. The van der Waals surface area contributed by atoms with Crippen molar-refractivity contribution in [2.24, 2.45) is 5.92 Å². The number of fused-ring (bicyclic) bond motifs is 1. The van der Waals surface area contributed by atoms with Gasteiger partial charge in [0, 0.05) is 17.3 Å². The maximum Gasteiger partial charge on any atom is 0.235 e. The highest BCUT2D eigenvalue weighted by molar-refractivity contribution is 6.01. The van der Waals surface area contributed by atoms with Crippen LogP contribution in [-0.4, -0.2) is 25.0 Å². The van der Waals surface area contributed by atoms with Crippen molar-refractivity contribution in [3.05, 3.63) is 47.5 Å². The fraction of sp³-hybridized carbons (Fsp3) is 0.440. The van der Waals surface area contributed by atoms with Gasteiger partial charge in [-0.15, -0.1) is 0 Å². The SMILES string of the molecule is Cc1ccc(NC(=O)C(C)C)cc1NC(=O)C1(c2ccc3c(c2)OCCO3)CCCC1. The highest BCUT2D eigenvalue weighted by atomic mass is 16.6. The van der Waals surface area contributed by atoms with Crippen LogP contribution in [0.5, 0.6) is 11.5 Å². The molecule has 164 valence electrons. The molecule has 2 aromatic rings. The van der Waals surface area contributed by atoms with Gasteiger partial charge >= 0.3 is 0 Å². The van der Waals surface area contributed by atoms with Gasteiger partial charge in [-0.05, 0) is 55.2 Å². The lowest BCUT2D eigenvalue weighted by molar-refractivity contribution is -0.121. The first-order valence-corrected chi connectivity index (χ1v) is 11.0. The maximum absolute atomic E-state index is 13.6. The Bertz CT molecular complexity index is 993. The van der Waals surface area contributed by atoms with Crippen LogP contribution in [0.3, 0.4) is 0 Å². The molecular weight excluding hydrogens is 392 g/mol. The van der Waals surface area contributed by atoms with Gasteiger partial charge in [-0.25, -0.2) is 0 Å². The highest BCUT2D eigenvalue weighted by Crippen LogP contribution is 2.45. The first-order valence-electron chi connectivity index (χ1n) is 11.0. The van der Waals surface area contributed by atoms with Gasteiger partial charge in [-0.1, -0.05) is 38.8 Å². The lowest BCUT2D eigenvalue weighted by Gasteiger charge is -2.30. The number of hydrogen-bond donors (Lipinski definition) is 2. The van der Waals surface area contributed by atoms with Gasteiger partial charge in [0.2, 0.25) is 11.8 Å². The van der Waals surface area contributed by atoms with Crippen LogP contribution in [0, 0.1) is 12.8 Å². The third kappa shape index (κ3) is 4.24. The Kier molecular flexibility index (Phi) is 5.90. The van der Waals surface area contributed by atoms with Crippen molar-refractivity contribution in [2.45, 2.75) is 51.9 Å². The second kappa shape index (κ2) is 8.61. The summed E-state index contributed by atoms with van der Waals surface area (Å²) in [5.41, 5.74) is 2.72. The molecule has 0 spiro atoms. The minimum Gasteiger partial charge on any atom is -0.486 e. The molecule has 0 radical (unpaired) electrons. The number of carbonyl (C=O) groups is 2. The summed E-state index contributed by atoms with van der Waals surface area (Å²) in [6, 6.07) is 11.5. The first kappa shape index (κ1) is 21.2. The van der Waals surface area contributed by atoms with Crippen LogP contribution in [0.2, 0.25) is 0 Å². The minimum atomic E-state index is -0.598. The summed E-state index contributed by atoms with van der Waals surface area (Å²) in [5.74, 6) is 1.25. The maximum atomic E-state index is 13.6. The fourth-order valence-electron chi connectivity index (χ4n) is 4.33. The summed E-state index contributed by atoms with van der Waals surface area (Å²) in [6.07, 6.45) is 3.60. The predicted molar refractivity (Wildman–Crippen MR) is 121 cm³/mol. The Labute approximate surface area is 183 Å². The molecule has 1 fully saturated rings. The van der Waals surface area contributed by atoms with Crippen LogP contribution < -0.4 is 20.1 Å². The van der Waals surface area contributed by atoms with Crippen LogP contribution in [0.4, 0.5) is 11.4 Å². The average Bonchev–Trinajstić information content (AvgIpc) is 3.27. The van der Waals surface area contributed by atoms with Crippen LogP contribution in [0.15, 0.2) is 36.4 Å². The molecule has 2 amide bonds. The number of carbonyl (C=O) groups excluding carboxylic acids is 2. The van der Waals surface area contributed by atoms with E-state index in [9.17, 15) is 9.59 Å². The summed E-state index contributed by atoms with van der Waals surface area (Å²) in [6.45, 7) is 6.71. The van der Waals surface area contributed by atoms with E-state index in [1.807, 2.05) is 57.2 Å². The Morgan fingerprint density at radius 2 is 1.65 bits per heavy atom. The van der Waals surface area contributed by atoms with Crippen molar-refractivity contribution in [3.63, 3.8) is 0 Å². The molecule has 1 heterocycles. The molecule has 31 heavy (non-hydrogen) atoms. The molecule has 2 aliphatic rings. The second-order valence-electron chi connectivity index (χ2n) is 8.78. The quantitative estimate of drug-likeness (QED) is 0.725. The molecule has 0 bridgehead atoms. The first-order chi connectivity index (χ1) is 14.9. The molecule has 0 atom stereocenters. The number of amides is 2. The van der Waals surface area contributed by atoms with Crippen molar-refractivity contribution < 1.29 is 19.1 Å². The van der Waals surface area contributed by atoms with E-state index in [-0.39, 0.29) is 17.7 Å². The number of anilines is 2. The van der Waals surface area contributed by atoms with Gasteiger partial charge in [-0.3, -0.25) is 9.59 Å². The molecule has 0 unspecified atom stereocenters. The molecule has 1 aliphatic heterocycles. The number of benzene rings is 2. The van der Waals surface area contributed by atoms with Gasteiger partial charge in [0.1, 0.15) is 13.2 Å². The molecule has 0 saturated heterocycles. The lowest BCUT2D eigenvalue weighted by atomic mass is 9.77. The summed E-state index contributed by atoms with van der Waals surface area (Å²) < 4.78 is 11.4. The second-order valence-corrected chi connectivity index (χ2v) is 8.78. The molecule has 1 saturated carbocycles. The van der Waals surface area contributed by atoms with Gasteiger partial charge in [0.25, 0.3) is 0 Å². The molecular formula is C25H30N2O4. The van der Waals surface area contributed by atoms with Crippen LogP contribution >= 0.6 is 0 Å². The molecule has 2 aromatic carbocycles. The average molecular weight is 423 g/mol. The van der Waals surface area contributed by atoms with Gasteiger partial charge in [0.05, 0.1) is 5.41 Å². The standard InChI is InChI=1S/C25H30N2O4/c1-16(2)23(28)26-19-8-6-17(3)20(15-19)27-24(29)25(10-4-5-11-25)18-7-9-21-22(14-18)31-13-12-30-21/h6-9,14-16H,4-5,10-13H2,1-3H3,(H,26,28)(H,27,29). The Morgan fingerprint density at radius 3 is 2.35 bits per heavy atom. The normalized spacial score (nSPS) is 16.8. The molecule has 6 heteroatoms. The van der Waals surface area contributed by atoms with Crippen LogP contribution in [-0.2, 0) is 15.0 Å². The van der Waals surface area contributed by atoms with Crippen molar-refractivity contribution in [1.82, 2.24) is 0 Å². The monoisotopic (exact) mass is 422 g/mol. The van der Waals surface area contributed by atoms with Crippen LogP contribution in [0.25, 0.3) is 0 Å². The smallest absolute Gasteiger partial charge is 0.235 e. The van der Waals surface area contributed by atoms with Crippen molar-refractivity contribution in [1.29, 1.82) is 0 Å². The number of aryl methyl sites for hydroxylation is 1. The number of nitrogens with one attached hydrogen (secondary N) is 2. The molecule has 6 nitrogen and oxygen atoms in total. The van der Waals surface area contributed by atoms with Crippen LogP contribution in [0.1, 0.15) is 50.7 Å². The van der Waals surface area contributed by atoms with E-state index in [4.69, 9.17) is 9.47 Å². The van der Waals surface area contributed by atoms with Crippen molar-refractivity contribution in [2.75, 3.05) is 23.8 Å². The minimum absolute atomic E-state index is 0.0166. The molecule has 4 rings (SSSR count). The fourth-order valence-corrected chi connectivity index (χ4v) is 4.33. The topological polar surface area (TPSA) is 76.7 Å². The Morgan fingerprint density at radius 1 is 0.935 bits per heavy atom. The largest absolute Gasteiger partial charge is 0.486 e. The van der Waals surface area contributed by atoms with Gasteiger partial charge in [-0.2, -0.15) is 0 Å². The summed E-state index contributed by atoms with van der Waals surface area (Å²) in [4.78, 5) is 25.7. The van der Waals surface area contributed by atoms with Crippen molar-refractivity contribution in [3.8, 4) is 11.5 Å². The van der Waals surface area contributed by atoms with E-state index in [0.717, 1.165) is 48.2 Å². The number of ether oxygens (including phenoxy) is 2. The van der Waals surface area contributed by atoms with E-state index in [0.29, 0.717) is 24.7 Å².